The highest BCUT2D eigenvalue weighted by atomic mass is 127. The fourth-order valence-electron chi connectivity index (χ4n) is 1.65. The monoisotopic (exact) mass is 355 g/mol. The van der Waals surface area contributed by atoms with Gasteiger partial charge in [-0.2, -0.15) is 0 Å². The molecule has 96 valence electrons. The molecule has 0 fully saturated rings. The van der Waals surface area contributed by atoms with Crippen LogP contribution in [-0.2, 0) is 6.54 Å². The van der Waals surface area contributed by atoms with Gasteiger partial charge in [0.25, 0.3) is 0 Å². The number of hydrogen-bond acceptors (Lipinski definition) is 1. The van der Waals surface area contributed by atoms with E-state index in [2.05, 4.69) is 55.1 Å². The Morgan fingerprint density at radius 3 is 2.39 bits per heavy atom. The molecule has 0 spiro atoms. The van der Waals surface area contributed by atoms with Gasteiger partial charge in [-0.05, 0) is 37.1 Å². The van der Waals surface area contributed by atoms with Gasteiger partial charge in [-0.3, -0.25) is 0 Å². The van der Waals surface area contributed by atoms with Crippen molar-refractivity contribution >= 4 is 0 Å². The number of aromatic nitrogens is 1. The second kappa shape index (κ2) is 7.36. The lowest BCUT2D eigenvalue weighted by Crippen LogP contribution is -3.00. The molecule has 1 aromatic carbocycles. The highest BCUT2D eigenvalue weighted by Crippen LogP contribution is 2.11. The molecule has 0 aliphatic carbocycles. The molecule has 0 aliphatic rings. The number of hydrogen-bond donors (Lipinski definition) is 0. The number of nitrogens with zero attached hydrogens (tertiary/aromatic N) is 1. The van der Waals surface area contributed by atoms with Gasteiger partial charge in [0.1, 0.15) is 12.4 Å². The van der Waals surface area contributed by atoms with Gasteiger partial charge in [-0.15, -0.1) is 0 Å². The number of pyridine rings is 1. The molecule has 2 rings (SSSR count). The summed E-state index contributed by atoms with van der Waals surface area (Å²) < 4.78 is 7.83. The molecule has 2 aromatic rings. The van der Waals surface area contributed by atoms with Crippen molar-refractivity contribution in [2.75, 3.05) is 6.61 Å². The van der Waals surface area contributed by atoms with Crippen molar-refractivity contribution < 1.29 is 33.3 Å². The third kappa shape index (κ3) is 4.64. The molecule has 0 saturated heterocycles. The highest BCUT2D eigenvalue weighted by Gasteiger charge is 2.00. The third-order valence-corrected chi connectivity index (χ3v) is 2.67. The predicted octanol–water partition coefficient (Wildman–Crippen LogP) is -0.326. The third-order valence-electron chi connectivity index (χ3n) is 2.67. The minimum absolute atomic E-state index is 0. The average molecular weight is 355 g/mol. The van der Waals surface area contributed by atoms with Gasteiger partial charge in [0, 0.05) is 12.1 Å². The van der Waals surface area contributed by atoms with Crippen LogP contribution in [-0.4, -0.2) is 6.61 Å². The number of halogens is 1. The summed E-state index contributed by atoms with van der Waals surface area (Å²) in [6, 6.07) is 12.3. The van der Waals surface area contributed by atoms with E-state index in [4.69, 9.17) is 4.74 Å². The Labute approximate surface area is 126 Å². The maximum atomic E-state index is 5.70. The van der Waals surface area contributed by atoms with Crippen LogP contribution in [0, 0.1) is 13.8 Å². The summed E-state index contributed by atoms with van der Waals surface area (Å²) >= 11 is 0. The number of ether oxygens (including phenoxy) is 1. The van der Waals surface area contributed by atoms with Crippen molar-refractivity contribution in [3.8, 4) is 5.75 Å². The zero-order valence-electron chi connectivity index (χ0n) is 10.8. The SMILES string of the molecule is Cc1cc[n+](CCOc2cccc(C)c2)cc1.[I-]. The Kier molecular flexibility index (Phi) is 6.12. The molecule has 3 heteroatoms. The number of benzene rings is 1. The molecule has 2 nitrogen and oxygen atoms in total. The lowest BCUT2D eigenvalue weighted by atomic mass is 10.2. The summed E-state index contributed by atoms with van der Waals surface area (Å²) in [5, 5.41) is 0. The van der Waals surface area contributed by atoms with E-state index in [1.165, 1.54) is 11.1 Å². The van der Waals surface area contributed by atoms with Crippen LogP contribution in [0.2, 0.25) is 0 Å². The number of rotatable bonds is 4. The summed E-state index contributed by atoms with van der Waals surface area (Å²) in [4.78, 5) is 0. The Bertz CT molecular complexity index is 482. The van der Waals surface area contributed by atoms with Crippen LogP contribution in [0.3, 0.4) is 0 Å². The van der Waals surface area contributed by atoms with E-state index in [0.29, 0.717) is 6.61 Å². The summed E-state index contributed by atoms with van der Waals surface area (Å²) in [6.45, 7) is 5.72. The zero-order chi connectivity index (χ0) is 12.1. The van der Waals surface area contributed by atoms with Crippen molar-refractivity contribution in [1.29, 1.82) is 0 Å². The van der Waals surface area contributed by atoms with E-state index < -0.39 is 0 Å². The molecule has 0 radical (unpaired) electrons. The predicted molar refractivity (Wildman–Crippen MR) is 68.0 cm³/mol. The molecule has 1 heterocycles. The second-order valence-corrected chi connectivity index (χ2v) is 4.28. The topological polar surface area (TPSA) is 13.1 Å². The van der Waals surface area contributed by atoms with Crippen LogP contribution in [0.1, 0.15) is 11.1 Å². The normalized spacial score (nSPS) is 9.67. The first-order valence-electron chi connectivity index (χ1n) is 5.89. The van der Waals surface area contributed by atoms with Gasteiger partial charge in [-0.25, -0.2) is 4.57 Å². The van der Waals surface area contributed by atoms with Crippen LogP contribution in [0.4, 0.5) is 0 Å². The molecule has 1 aromatic heterocycles. The molecule has 0 N–H and O–H groups in total. The maximum Gasteiger partial charge on any atom is 0.182 e. The van der Waals surface area contributed by atoms with Crippen LogP contribution in [0.25, 0.3) is 0 Å². The first-order valence-corrected chi connectivity index (χ1v) is 5.89. The number of aryl methyl sites for hydroxylation is 2. The molecule has 18 heavy (non-hydrogen) atoms. The Balaban J connectivity index is 0.00000162. The summed E-state index contributed by atoms with van der Waals surface area (Å²) in [5.74, 6) is 0.942. The first kappa shape index (κ1) is 15.0. The van der Waals surface area contributed by atoms with Crippen molar-refractivity contribution in [1.82, 2.24) is 0 Å². The van der Waals surface area contributed by atoms with Crippen molar-refractivity contribution in [2.45, 2.75) is 20.4 Å². The fourth-order valence-corrected chi connectivity index (χ4v) is 1.65. The minimum Gasteiger partial charge on any atom is -1.00 e. The minimum atomic E-state index is 0. The van der Waals surface area contributed by atoms with E-state index in [1.807, 2.05) is 12.1 Å². The lowest BCUT2D eigenvalue weighted by molar-refractivity contribution is -0.697. The van der Waals surface area contributed by atoms with E-state index >= 15 is 0 Å². The maximum absolute atomic E-state index is 5.70. The van der Waals surface area contributed by atoms with E-state index in [1.54, 1.807) is 0 Å². The molecule has 0 amide bonds. The van der Waals surface area contributed by atoms with Crippen molar-refractivity contribution in [3.05, 3.63) is 59.9 Å². The Morgan fingerprint density at radius 2 is 1.72 bits per heavy atom. The molecule has 0 atom stereocenters. The Morgan fingerprint density at radius 1 is 1.00 bits per heavy atom. The summed E-state index contributed by atoms with van der Waals surface area (Å²) in [6.07, 6.45) is 4.16. The molecule has 0 bridgehead atoms. The molecular formula is C15H18INO. The molecule has 0 saturated carbocycles. The molecule has 0 aliphatic heterocycles. The van der Waals surface area contributed by atoms with Crippen LogP contribution in [0.5, 0.6) is 5.75 Å². The van der Waals surface area contributed by atoms with Crippen LogP contribution < -0.4 is 33.3 Å². The van der Waals surface area contributed by atoms with Gasteiger partial charge >= 0.3 is 0 Å². The van der Waals surface area contributed by atoms with E-state index in [-0.39, 0.29) is 24.0 Å². The van der Waals surface area contributed by atoms with Gasteiger partial charge < -0.3 is 28.7 Å². The molecular weight excluding hydrogens is 337 g/mol. The summed E-state index contributed by atoms with van der Waals surface area (Å²) in [5.41, 5.74) is 2.51. The zero-order valence-corrected chi connectivity index (χ0v) is 12.9. The average Bonchev–Trinajstić information content (AvgIpc) is 2.32. The van der Waals surface area contributed by atoms with Crippen molar-refractivity contribution in [2.24, 2.45) is 0 Å². The fraction of sp³-hybridized carbons (Fsp3) is 0.267. The van der Waals surface area contributed by atoms with E-state index in [9.17, 15) is 0 Å². The van der Waals surface area contributed by atoms with Crippen LogP contribution >= 0.6 is 0 Å². The van der Waals surface area contributed by atoms with Gasteiger partial charge in [-0.1, -0.05) is 12.1 Å². The van der Waals surface area contributed by atoms with Gasteiger partial charge in [0.2, 0.25) is 0 Å². The first-order chi connectivity index (χ1) is 8.24. The lowest BCUT2D eigenvalue weighted by Gasteiger charge is -2.04. The summed E-state index contributed by atoms with van der Waals surface area (Å²) in [7, 11) is 0. The highest BCUT2D eigenvalue weighted by molar-refractivity contribution is 5.27. The smallest absolute Gasteiger partial charge is 0.182 e. The quantitative estimate of drug-likeness (QED) is 0.541. The van der Waals surface area contributed by atoms with Gasteiger partial charge in [0.15, 0.2) is 18.9 Å². The van der Waals surface area contributed by atoms with Crippen molar-refractivity contribution in [3.63, 3.8) is 0 Å². The van der Waals surface area contributed by atoms with Crippen LogP contribution in [0.15, 0.2) is 48.8 Å². The second-order valence-electron chi connectivity index (χ2n) is 4.28. The molecule has 0 unspecified atom stereocenters. The largest absolute Gasteiger partial charge is 1.00 e. The Hall–Kier alpha value is -1.10. The van der Waals surface area contributed by atoms with Gasteiger partial charge in [0.05, 0.1) is 0 Å². The standard InChI is InChI=1S/C15H18NO.HI/c1-13-6-8-16(9-7-13)10-11-17-15-5-3-4-14(2)12-15;/h3-9,12H,10-11H2,1-2H3;1H/q+1;/p-1. The van der Waals surface area contributed by atoms with E-state index in [0.717, 1.165) is 12.3 Å².